The molecule has 3 rings (SSSR count). The third kappa shape index (κ3) is 6.66. The molecule has 35 heavy (non-hydrogen) atoms. The van der Waals surface area contributed by atoms with E-state index in [0.29, 0.717) is 47.7 Å². The second-order valence-corrected chi connectivity index (χ2v) is 8.42. The molecule has 10 heteroatoms. The van der Waals surface area contributed by atoms with E-state index in [4.69, 9.17) is 19.2 Å². The SMILES string of the molecule is COCCNc1cc(NC(=O)N(C)c2ccc(C3CCCCC3)c(C(OC)OC)n2)ncc1C#N. The number of amides is 2. The molecule has 1 aliphatic carbocycles. The Morgan fingerprint density at radius 2 is 1.97 bits per heavy atom. The minimum Gasteiger partial charge on any atom is -0.383 e. The molecule has 188 valence electrons. The number of ether oxygens (including phenoxy) is 3. The predicted molar refractivity (Wildman–Crippen MR) is 134 cm³/mol. The van der Waals surface area contributed by atoms with Crippen molar-refractivity contribution >= 4 is 23.4 Å². The second-order valence-electron chi connectivity index (χ2n) is 8.42. The highest BCUT2D eigenvalue weighted by Gasteiger charge is 2.26. The quantitative estimate of drug-likeness (QED) is 0.377. The van der Waals surface area contributed by atoms with Gasteiger partial charge in [0.05, 0.1) is 17.9 Å². The lowest BCUT2D eigenvalue weighted by molar-refractivity contribution is -0.109. The van der Waals surface area contributed by atoms with Crippen molar-refractivity contribution in [3.63, 3.8) is 0 Å². The average molecular weight is 483 g/mol. The third-order valence-electron chi connectivity index (χ3n) is 6.17. The lowest BCUT2D eigenvalue weighted by Crippen LogP contribution is -2.32. The Labute approximate surface area is 206 Å². The Morgan fingerprint density at radius 3 is 2.63 bits per heavy atom. The van der Waals surface area contributed by atoms with Crippen molar-refractivity contribution in [3.05, 3.63) is 41.2 Å². The lowest BCUT2D eigenvalue weighted by Gasteiger charge is -2.27. The van der Waals surface area contributed by atoms with Crippen LogP contribution in [-0.2, 0) is 14.2 Å². The summed E-state index contributed by atoms with van der Waals surface area (Å²) in [6, 6.07) is 7.17. The predicted octanol–water partition coefficient (Wildman–Crippen LogP) is 4.41. The third-order valence-corrected chi connectivity index (χ3v) is 6.17. The molecule has 2 aromatic rings. The molecule has 0 unspecified atom stereocenters. The number of urea groups is 1. The number of nitriles is 1. The van der Waals surface area contributed by atoms with Gasteiger partial charge in [-0.05, 0) is 30.4 Å². The topological polar surface area (TPSA) is 122 Å². The Kier molecular flexibility index (Phi) is 9.78. The fourth-order valence-corrected chi connectivity index (χ4v) is 4.27. The van der Waals surface area contributed by atoms with Crippen LogP contribution in [0.3, 0.4) is 0 Å². The first-order chi connectivity index (χ1) is 17.0. The highest BCUT2D eigenvalue weighted by atomic mass is 16.7. The van der Waals surface area contributed by atoms with Crippen LogP contribution in [0.2, 0.25) is 0 Å². The minimum absolute atomic E-state index is 0.312. The Hall–Kier alpha value is -3.26. The summed E-state index contributed by atoms with van der Waals surface area (Å²) in [6.45, 7) is 0.995. The molecule has 1 fully saturated rings. The van der Waals surface area contributed by atoms with E-state index in [2.05, 4.69) is 21.7 Å². The molecule has 0 aromatic carbocycles. The first-order valence-corrected chi connectivity index (χ1v) is 11.8. The normalized spacial score (nSPS) is 13.9. The van der Waals surface area contributed by atoms with Gasteiger partial charge >= 0.3 is 6.03 Å². The van der Waals surface area contributed by atoms with Gasteiger partial charge in [0, 0.05) is 47.2 Å². The molecule has 1 aliphatic rings. The lowest BCUT2D eigenvalue weighted by atomic mass is 9.83. The van der Waals surface area contributed by atoms with Gasteiger partial charge in [0.15, 0.2) is 0 Å². The number of nitrogens with one attached hydrogen (secondary N) is 2. The molecule has 2 amide bonds. The fourth-order valence-electron chi connectivity index (χ4n) is 4.27. The van der Waals surface area contributed by atoms with Crippen LogP contribution in [0.25, 0.3) is 0 Å². The molecule has 0 saturated heterocycles. The maximum atomic E-state index is 13.0. The Morgan fingerprint density at radius 1 is 1.23 bits per heavy atom. The van der Waals surface area contributed by atoms with E-state index >= 15 is 0 Å². The van der Waals surface area contributed by atoms with E-state index in [0.717, 1.165) is 18.4 Å². The molecule has 0 aliphatic heterocycles. The van der Waals surface area contributed by atoms with Gasteiger partial charge in [-0.2, -0.15) is 5.26 Å². The summed E-state index contributed by atoms with van der Waals surface area (Å²) in [5.74, 6) is 1.17. The van der Waals surface area contributed by atoms with Crippen molar-refractivity contribution in [2.75, 3.05) is 57.1 Å². The molecular weight excluding hydrogens is 448 g/mol. The molecular formula is C25H34N6O4. The molecule has 0 spiro atoms. The number of methoxy groups -OCH3 is 3. The molecule has 2 aromatic heterocycles. The number of aromatic nitrogens is 2. The first kappa shape index (κ1) is 26.3. The monoisotopic (exact) mass is 482 g/mol. The molecule has 10 nitrogen and oxygen atoms in total. The zero-order valence-corrected chi connectivity index (χ0v) is 20.8. The number of hydrogen-bond acceptors (Lipinski definition) is 8. The van der Waals surface area contributed by atoms with E-state index in [9.17, 15) is 10.1 Å². The number of nitrogens with zero attached hydrogens (tertiary/aromatic N) is 4. The van der Waals surface area contributed by atoms with Gasteiger partial charge in [-0.1, -0.05) is 25.3 Å². The van der Waals surface area contributed by atoms with Gasteiger partial charge in [0.2, 0.25) is 6.29 Å². The number of rotatable bonds is 10. The number of carbonyl (C=O) groups is 1. The first-order valence-electron chi connectivity index (χ1n) is 11.8. The van der Waals surface area contributed by atoms with Crippen molar-refractivity contribution < 1.29 is 19.0 Å². The molecule has 1 saturated carbocycles. The zero-order chi connectivity index (χ0) is 25.2. The van der Waals surface area contributed by atoms with E-state index in [1.807, 2.05) is 12.1 Å². The summed E-state index contributed by atoms with van der Waals surface area (Å²) in [5, 5.41) is 15.2. The highest BCUT2D eigenvalue weighted by molar-refractivity contribution is 6.00. The van der Waals surface area contributed by atoms with E-state index in [-0.39, 0.29) is 0 Å². The number of anilines is 3. The van der Waals surface area contributed by atoms with Crippen LogP contribution in [0.15, 0.2) is 24.4 Å². The number of pyridine rings is 2. The van der Waals surface area contributed by atoms with E-state index in [1.165, 1.54) is 30.4 Å². The van der Waals surface area contributed by atoms with Gasteiger partial charge in [0.1, 0.15) is 23.4 Å². The van der Waals surface area contributed by atoms with Crippen molar-refractivity contribution in [2.45, 2.75) is 44.3 Å². The highest BCUT2D eigenvalue weighted by Crippen LogP contribution is 2.37. The van der Waals surface area contributed by atoms with Gasteiger partial charge < -0.3 is 19.5 Å². The van der Waals surface area contributed by atoms with Crippen molar-refractivity contribution in [3.8, 4) is 6.07 Å². The van der Waals surface area contributed by atoms with Crippen molar-refractivity contribution in [1.29, 1.82) is 5.26 Å². The summed E-state index contributed by atoms with van der Waals surface area (Å²) in [4.78, 5) is 23.4. The van der Waals surface area contributed by atoms with Crippen LogP contribution in [0.5, 0.6) is 0 Å². The van der Waals surface area contributed by atoms with Crippen LogP contribution in [0.4, 0.5) is 22.1 Å². The van der Waals surface area contributed by atoms with Gasteiger partial charge in [-0.15, -0.1) is 0 Å². The molecule has 0 bridgehead atoms. The fraction of sp³-hybridized carbons (Fsp3) is 0.520. The van der Waals surface area contributed by atoms with E-state index < -0.39 is 12.3 Å². The van der Waals surface area contributed by atoms with Crippen molar-refractivity contribution in [2.24, 2.45) is 0 Å². The standard InChI is InChI=1S/C25H34N6O4/c1-31(25(32)29-21-14-20(27-12-13-33-2)18(15-26)16-28-21)22-11-10-19(17-8-6-5-7-9-17)23(30-22)24(34-3)35-4/h10-11,14,16-17,24H,5-9,12-13H2,1-4H3,(H2,27,28,29,32). The van der Waals surface area contributed by atoms with Crippen LogP contribution in [0.1, 0.15) is 61.1 Å². The van der Waals surface area contributed by atoms with Crippen LogP contribution >= 0.6 is 0 Å². The summed E-state index contributed by atoms with van der Waals surface area (Å²) < 4.78 is 16.1. The zero-order valence-electron chi connectivity index (χ0n) is 20.8. The summed E-state index contributed by atoms with van der Waals surface area (Å²) in [7, 11) is 6.40. The van der Waals surface area contributed by atoms with Gasteiger partial charge in [-0.3, -0.25) is 10.2 Å². The van der Waals surface area contributed by atoms with E-state index in [1.54, 1.807) is 34.4 Å². The Balaban J connectivity index is 1.81. The maximum Gasteiger partial charge on any atom is 0.328 e. The van der Waals surface area contributed by atoms with Gasteiger partial charge in [-0.25, -0.2) is 14.8 Å². The largest absolute Gasteiger partial charge is 0.383 e. The molecule has 0 radical (unpaired) electrons. The second kappa shape index (κ2) is 13.0. The molecule has 2 heterocycles. The van der Waals surface area contributed by atoms with Crippen LogP contribution in [0, 0.1) is 11.3 Å². The van der Waals surface area contributed by atoms with Crippen LogP contribution < -0.4 is 15.5 Å². The average Bonchev–Trinajstić information content (AvgIpc) is 2.89. The Bertz CT molecular complexity index is 1030. The smallest absolute Gasteiger partial charge is 0.328 e. The van der Waals surface area contributed by atoms with Crippen molar-refractivity contribution in [1.82, 2.24) is 9.97 Å². The maximum absolute atomic E-state index is 13.0. The summed E-state index contributed by atoms with van der Waals surface area (Å²) in [5.41, 5.74) is 2.75. The molecule has 2 N–H and O–H groups in total. The minimum atomic E-state index is -0.621. The summed E-state index contributed by atoms with van der Waals surface area (Å²) in [6.07, 6.45) is 6.65. The summed E-state index contributed by atoms with van der Waals surface area (Å²) >= 11 is 0. The number of hydrogen-bond donors (Lipinski definition) is 2. The van der Waals surface area contributed by atoms with Gasteiger partial charge in [0.25, 0.3) is 0 Å². The number of carbonyl (C=O) groups excluding carboxylic acids is 1. The van der Waals surface area contributed by atoms with Crippen LogP contribution in [-0.4, -0.2) is 57.5 Å². The molecule has 0 atom stereocenters.